The van der Waals surface area contributed by atoms with Crippen molar-refractivity contribution in [3.63, 3.8) is 0 Å². The first kappa shape index (κ1) is 17.0. The lowest BCUT2D eigenvalue weighted by Crippen LogP contribution is -2.11. The molecule has 0 fully saturated rings. The maximum absolute atomic E-state index is 14.6. The van der Waals surface area contributed by atoms with Crippen LogP contribution >= 0.6 is 23.2 Å². The predicted octanol–water partition coefficient (Wildman–Crippen LogP) is 4.64. The highest BCUT2D eigenvalue weighted by atomic mass is 35.5. The van der Waals surface area contributed by atoms with Crippen molar-refractivity contribution in [1.29, 1.82) is 0 Å². The normalized spacial score (nSPS) is 15.9. The second kappa shape index (κ2) is 6.07. The standard InChI is InChI=1S/C18H13Cl2FN4O/c1-8-18-24-23-9(2)25(18)14-6-4-12(19)16(20)15(14)17(22-8)11-7-10(26)3-5-13(11)21/h3-8,26H,1-2H3/t8-/m0/s1. The second-order valence-electron chi connectivity index (χ2n) is 6.01. The van der Waals surface area contributed by atoms with Crippen LogP contribution in [0.2, 0.25) is 10.0 Å². The van der Waals surface area contributed by atoms with Crippen molar-refractivity contribution in [3.8, 4) is 11.4 Å². The fourth-order valence-corrected chi connectivity index (χ4v) is 3.52. The third-order valence-electron chi connectivity index (χ3n) is 4.30. The number of fused-ring (bicyclic) bond motifs is 3. The van der Waals surface area contributed by atoms with Gasteiger partial charge in [0, 0.05) is 11.1 Å². The van der Waals surface area contributed by atoms with Crippen molar-refractivity contribution in [3.05, 3.63) is 69.0 Å². The highest BCUT2D eigenvalue weighted by Crippen LogP contribution is 2.38. The molecule has 1 atom stereocenters. The minimum atomic E-state index is -0.523. The number of hydrogen-bond acceptors (Lipinski definition) is 4. The molecule has 2 heterocycles. The molecule has 0 radical (unpaired) electrons. The summed E-state index contributed by atoms with van der Waals surface area (Å²) in [6.45, 7) is 3.65. The molecule has 0 spiro atoms. The Bertz CT molecular complexity index is 1080. The van der Waals surface area contributed by atoms with Crippen LogP contribution in [0.25, 0.3) is 5.69 Å². The lowest BCUT2D eigenvalue weighted by molar-refractivity contribution is 0.473. The average Bonchev–Trinajstić information content (AvgIpc) is 2.93. The number of benzene rings is 2. The van der Waals surface area contributed by atoms with Crippen LogP contribution in [0.15, 0.2) is 35.3 Å². The van der Waals surface area contributed by atoms with Crippen molar-refractivity contribution >= 4 is 28.9 Å². The predicted molar refractivity (Wildman–Crippen MR) is 98.2 cm³/mol. The molecule has 1 aliphatic rings. The number of rotatable bonds is 1. The van der Waals surface area contributed by atoms with Gasteiger partial charge in [0.05, 0.1) is 21.4 Å². The molecule has 0 amide bonds. The molecule has 0 bridgehead atoms. The Balaban J connectivity index is 2.12. The first-order valence-electron chi connectivity index (χ1n) is 7.86. The summed E-state index contributed by atoms with van der Waals surface area (Å²) in [5, 5.41) is 18.7. The highest BCUT2D eigenvalue weighted by molar-refractivity contribution is 6.45. The van der Waals surface area contributed by atoms with Crippen molar-refractivity contribution in [1.82, 2.24) is 14.8 Å². The molecule has 0 unspecified atom stereocenters. The number of aryl methyl sites for hydroxylation is 1. The SMILES string of the molecule is Cc1nnc2n1-c1ccc(Cl)c(Cl)c1C(c1cc(O)ccc1F)=N[C@H]2C. The number of aromatic hydroxyl groups is 1. The zero-order chi connectivity index (χ0) is 18.6. The van der Waals surface area contributed by atoms with Crippen LogP contribution in [-0.4, -0.2) is 25.6 Å². The van der Waals surface area contributed by atoms with Gasteiger partial charge in [-0.3, -0.25) is 9.56 Å². The van der Waals surface area contributed by atoms with Crippen molar-refractivity contribution in [2.75, 3.05) is 0 Å². The molecule has 5 nitrogen and oxygen atoms in total. The summed E-state index contributed by atoms with van der Waals surface area (Å²) >= 11 is 12.7. The van der Waals surface area contributed by atoms with Gasteiger partial charge in [0.2, 0.25) is 0 Å². The fraction of sp³-hybridized carbons (Fsp3) is 0.167. The van der Waals surface area contributed by atoms with E-state index in [9.17, 15) is 9.50 Å². The van der Waals surface area contributed by atoms with Gasteiger partial charge >= 0.3 is 0 Å². The molecule has 3 aromatic rings. The molecule has 8 heteroatoms. The Kier molecular flexibility index (Phi) is 3.97. The topological polar surface area (TPSA) is 63.3 Å². The van der Waals surface area contributed by atoms with Crippen LogP contribution in [0.1, 0.15) is 35.7 Å². The summed E-state index contributed by atoms with van der Waals surface area (Å²) in [7, 11) is 0. The van der Waals surface area contributed by atoms with E-state index in [2.05, 4.69) is 15.2 Å². The molecule has 0 aliphatic carbocycles. The van der Waals surface area contributed by atoms with Gasteiger partial charge in [0.15, 0.2) is 5.82 Å². The van der Waals surface area contributed by atoms with Gasteiger partial charge in [-0.25, -0.2) is 4.39 Å². The number of hydrogen-bond donors (Lipinski definition) is 1. The number of phenols is 1. The van der Waals surface area contributed by atoms with Crippen LogP contribution in [0.3, 0.4) is 0 Å². The monoisotopic (exact) mass is 390 g/mol. The number of aliphatic imine (C=N–C) groups is 1. The van der Waals surface area contributed by atoms with Gasteiger partial charge in [-0.15, -0.1) is 10.2 Å². The molecular weight excluding hydrogens is 378 g/mol. The zero-order valence-electron chi connectivity index (χ0n) is 13.8. The Morgan fingerprint density at radius 1 is 1.15 bits per heavy atom. The van der Waals surface area contributed by atoms with Crippen molar-refractivity contribution in [2.45, 2.75) is 19.9 Å². The molecule has 1 N–H and O–H groups in total. The lowest BCUT2D eigenvalue weighted by Gasteiger charge is -2.15. The summed E-state index contributed by atoms with van der Waals surface area (Å²) < 4.78 is 16.4. The zero-order valence-corrected chi connectivity index (χ0v) is 15.3. The van der Waals surface area contributed by atoms with E-state index >= 15 is 0 Å². The number of aromatic nitrogens is 3. The maximum atomic E-state index is 14.6. The first-order valence-corrected chi connectivity index (χ1v) is 8.61. The van der Waals surface area contributed by atoms with Crippen LogP contribution in [0.4, 0.5) is 4.39 Å². The molecule has 26 heavy (non-hydrogen) atoms. The van der Waals surface area contributed by atoms with Crippen LogP contribution < -0.4 is 0 Å². The van der Waals surface area contributed by atoms with Crippen molar-refractivity contribution in [2.24, 2.45) is 4.99 Å². The smallest absolute Gasteiger partial charge is 0.162 e. The molecule has 0 saturated carbocycles. The summed E-state index contributed by atoms with van der Waals surface area (Å²) in [5.41, 5.74) is 1.57. The molecule has 132 valence electrons. The molecule has 1 aliphatic heterocycles. The molecule has 1 aromatic heterocycles. The third kappa shape index (κ3) is 2.48. The second-order valence-corrected chi connectivity index (χ2v) is 6.80. The minimum absolute atomic E-state index is 0.0729. The minimum Gasteiger partial charge on any atom is -0.508 e. The fourth-order valence-electron chi connectivity index (χ4n) is 3.11. The summed E-state index contributed by atoms with van der Waals surface area (Å²) in [6.07, 6.45) is 0. The molecule has 4 rings (SSSR count). The van der Waals surface area contributed by atoms with Gasteiger partial charge in [-0.2, -0.15) is 0 Å². The number of phenolic OH excluding ortho intramolecular Hbond substituents is 1. The van der Waals surface area contributed by atoms with Crippen LogP contribution in [0.5, 0.6) is 5.75 Å². The Morgan fingerprint density at radius 3 is 2.69 bits per heavy atom. The van der Waals surface area contributed by atoms with Gasteiger partial charge < -0.3 is 5.11 Å². The summed E-state index contributed by atoms with van der Waals surface area (Å²) in [5.74, 6) is 0.665. The lowest BCUT2D eigenvalue weighted by atomic mass is 9.99. The van der Waals surface area contributed by atoms with Crippen LogP contribution in [0, 0.1) is 12.7 Å². The third-order valence-corrected chi connectivity index (χ3v) is 5.11. The maximum Gasteiger partial charge on any atom is 0.162 e. The largest absolute Gasteiger partial charge is 0.508 e. The Labute approximate surface area is 158 Å². The Hall–Kier alpha value is -2.44. The number of halogens is 3. The van der Waals surface area contributed by atoms with E-state index in [0.717, 1.165) is 0 Å². The van der Waals surface area contributed by atoms with Crippen molar-refractivity contribution < 1.29 is 9.50 Å². The summed E-state index contributed by atoms with van der Waals surface area (Å²) in [6, 6.07) is 6.82. The quantitative estimate of drug-likeness (QED) is 0.658. The van der Waals surface area contributed by atoms with Gasteiger partial charge in [0.1, 0.15) is 23.4 Å². The van der Waals surface area contributed by atoms with E-state index in [-0.39, 0.29) is 16.3 Å². The van der Waals surface area contributed by atoms with E-state index < -0.39 is 11.9 Å². The van der Waals surface area contributed by atoms with Gasteiger partial charge in [-0.1, -0.05) is 23.2 Å². The van der Waals surface area contributed by atoms with Gasteiger partial charge in [0.25, 0.3) is 0 Å². The van der Waals surface area contributed by atoms with Gasteiger partial charge in [-0.05, 0) is 44.2 Å². The Morgan fingerprint density at radius 2 is 1.92 bits per heavy atom. The van der Waals surface area contributed by atoms with E-state index in [0.29, 0.717) is 33.6 Å². The first-order chi connectivity index (χ1) is 12.4. The van der Waals surface area contributed by atoms with E-state index in [1.54, 1.807) is 12.1 Å². The molecule has 0 saturated heterocycles. The van der Waals surface area contributed by atoms with E-state index in [4.69, 9.17) is 23.2 Å². The number of nitrogens with zero attached hydrogens (tertiary/aromatic N) is 4. The van der Waals surface area contributed by atoms with E-state index in [1.807, 2.05) is 18.4 Å². The van der Waals surface area contributed by atoms with E-state index in [1.165, 1.54) is 18.2 Å². The van der Waals surface area contributed by atoms with Crippen LogP contribution in [-0.2, 0) is 0 Å². The average molecular weight is 391 g/mol. The molecular formula is C18H13Cl2FN4O. The molecule has 2 aromatic carbocycles. The highest BCUT2D eigenvalue weighted by Gasteiger charge is 2.29. The summed E-state index contributed by atoms with van der Waals surface area (Å²) in [4.78, 5) is 4.65.